The van der Waals surface area contributed by atoms with Crippen molar-refractivity contribution in [3.63, 3.8) is 0 Å². The molecule has 0 bridgehead atoms. The number of rotatable bonds is 4. The quantitative estimate of drug-likeness (QED) is 0.922. The average molecular weight is 351 g/mol. The van der Waals surface area contributed by atoms with Gasteiger partial charge in [-0.1, -0.05) is 23.7 Å². The maximum absolute atomic E-state index is 12.4. The topological polar surface area (TPSA) is 43.8 Å². The summed E-state index contributed by atoms with van der Waals surface area (Å²) in [6.07, 6.45) is 0. The number of nitrogens with zero attached hydrogens (tertiary/aromatic N) is 2. The van der Waals surface area contributed by atoms with Gasteiger partial charge < -0.3 is 10.0 Å². The molecule has 1 amide bonds. The van der Waals surface area contributed by atoms with Gasteiger partial charge in [-0.15, -0.1) is 0 Å². The normalized spacial score (nSPS) is 17.2. The molecule has 0 aliphatic carbocycles. The van der Waals surface area contributed by atoms with Crippen LogP contribution in [0.2, 0.25) is 5.02 Å². The highest BCUT2D eigenvalue weighted by Crippen LogP contribution is 2.24. The van der Waals surface area contributed by atoms with Gasteiger partial charge in [-0.05, 0) is 29.1 Å². The van der Waals surface area contributed by atoms with E-state index < -0.39 is 0 Å². The van der Waals surface area contributed by atoms with E-state index in [1.165, 1.54) is 11.3 Å². The summed E-state index contributed by atoms with van der Waals surface area (Å²) in [6.45, 7) is 2.87. The Kier molecular flexibility index (Phi) is 5.33. The first-order chi connectivity index (χ1) is 11.2. The van der Waals surface area contributed by atoms with Crippen LogP contribution in [0.3, 0.4) is 0 Å². The SMILES string of the molecule is O=C(c1ccsc1)N1CCN([C@@H](CO)c2cccc(Cl)c2)CC1. The number of amides is 1. The third kappa shape index (κ3) is 3.75. The number of carbonyl (C=O) groups excluding carboxylic acids is 1. The monoisotopic (exact) mass is 350 g/mol. The van der Waals surface area contributed by atoms with Gasteiger partial charge in [-0.25, -0.2) is 0 Å². The molecule has 2 heterocycles. The molecule has 23 heavy (non-hydrogen) atoms. The summed E-state index contributed by atoms with van der Waals surface area (Å²) in [5.74, 6) is 0.0919. The molecule has 1 aliphatic heterocycles. The second kappa shape index (κ2) is 7.45. The number of hydrogen-bond acceptors (Lipinski definition) is 4. The van der Waals surface area contributed by atoms with E-state index in [-0.39, 0.29) is 18.6 Å². The van der Waals surface area contributed by atoms with Gasteiger partial charge in [0.15, 0.2) is 0 Å². The highest BCUT2D eigenvalue weighted by Gasteiger charge is 2.27. The fourth-order valence-corrected chi connectivity index (χ4v) is 3.78. The molecule has 0 saturated carbocycles. The predicted octanol–water partition coefficient (Wildman–Crippen LogP) is 2.89. The van der Waals surface area contributed by atoms with Crippen LogP contribution in [0.4, 0.5) is 0 Å². The largest absolute Gasteiger partial charge is 0.394 e. The van der Waals surface area contributed by atoms with Crippen molar-refractivity contribution in [1.29, 1.82) is 0 Å². The standard InChI is InChI=1S/C17H19ClN2O2S/c18-15-3-1-2-13(10-15)16(11-21)19-5-7-20(8-6-19)17(22)14-4-9-23-12-14/h1-4,9-10,12,16,21H,5-8,11H2/t16-/m0/s1. The van der Waals surface area contributed by atoms with Gasteiger partial charge in [-0.3, -0.25) is 9.69 Å². The number of piperazine rings is 1. The number of thiophene rings is 1. The van der Waals surface area contributed by atoms with E-state index in [0.29, 0.717) is 18.1 Å². The zero-order chi connectivity index (χ0) is 16.2. The van der Waals surface area contributed by atoms with Gasteiger partial charge in [-0.2, -0.15) is 11.3 Å². The molecular formula is C17H19ClN2O2S. The molecule has 3 rings (SSSR count). The van der Waals surface area contributed by atoms with Gasteiger partial charge in [0.25, 0.3) is 5.91 Å². The van der Waals surface area contributed by atoms with Crippen LogP contribution in [0.15, 0.2) is 41.1 Å². The smallest absolute Gasteiger partial charge is 0.254 e. The lowest BCUT2D eigenvalue weighted by molar-refractivity contribution is 0.0478. The van der Waals surface area contributed by atoms with E-state index in [2.05, 4.69) is 4.90 Å². The number of halogens is 1. The van der Waals surface area contributed by atoms with Crippen molar-refractivity contribution in [3.8, 4) is 0 Å². The number of carbonyl (C=O) groups is 1. The molecule has 0 spiro atoms. The van der Waals surface area contributed by atoms with Gasteiger partial charge >= 0.3 is 0 Å². The van der Waals surface area contributed by atoms with Crippen LogP contribution in [0, 0.1) is 0 Å². The highest BCUT2D eigenvalue weighted by atomic mass is 35.5. The molecule has 1 saturated heterocycles. The van der Waals surface area contributed by atoms with Crippen LogP contribution in [-0.2, 0) is 0 Å². The van der Waals surface area contributed by atoms with E-state index in [4.69, 9.17) is 11.6 Å². The summed E-state index contributed by atoms with van der Waals surface area (Å²) in [4.78, 5) is 16.5. The Morgan fingerprint density at radius 1 is 1.26 bits per heavy atom. The molecule has 6 heteroatoms. The molecule has 1 atom stereocenters. The third-order valence-electron chi connectivity index (χ3n) is 4.22. The molecule has 2 aromatic rings. The minimum atomic E-state index is -0.0768. The molecule has 0 radical (unpaired) electrons. The highest BCUT2D eigenvalue weighted by molar-refractivity contribution is 7.08. The first kappa shape index (κ1) is 16.5. The van der Waals surface area contributed by atoms with Gasteiger partial charge in [0, 0.05) is 36.6 Å². The van der Waals surface area contributed by atoms with Crippen molar-refractivity contribution in [2.75, 3.05) is 32.8 Å². The van der Waals surface area contributed by atoms with Crippen LogP contribution in [-0.4, -0.2) is 53.6 Å². The minimum Gasteiger partial charge on any atom is -0.394 e. The minimum absolute atomic E-state index is 0.0405. The molecule has 1 aliphatic rings. The lowest BCUT2D eigenvalue weighted by Crippen LogP contribution is -2.50. The molecule has 1 aromatic heterocycles. The molecule has 1 aromatic carbocycles. The summed E-state index contributed by atoms with van der Waals surface area (Å²) in [5, 5.41) is 14.3. The molecule has 1 fully saturated rings. The summed E-state index contributed by atoms with van der Waals surface area (Å²) < 4.78 is 0. The summed E-state index contributed by atoms with van der Waals surface area (Å²) in [7, 11) is 0. The van der Waals surface area contributed by atoms with Crippen molar-refractivity contribution >= 4 is 28.8 Å². The number of benzene rings is 1. The van der Waals surface area contributed by atoms with Crippen molar-refractivity contribution in [2.45, 2.75) is 6.04 Å². The first-order valence-corrected chi connectivity index (χ1v) is 8.93. The third-order valence-corrected chi connectivity index (χ3v) is 5.14. The zero-order valence-corrected chi connectivity index (χ0v) is 14.3. The number of hydrogen-bond donors (Lipinski definition) is 1. The van der Waals surface area contributed by atoms with Crippen LogP contribution >= 0.6 is 22.9 Å². The predicted molar refractivity (Wildman–Crippen MR) is 93.1 cm³/mol. The fraction of sp³-hybridized carbons (Fsp3) is 0.353. The first-order valence-electron chi connectivity index (χ1n) is 7.61. The average Bonchev–Trinajstić information content (AvgIpc) is 3.10. The van der Waals surface area contributed by atoms with E-state index in [0.717, 1.165) is 24.2 Å². The summed E-state index contributed by atoms with van der Waals surface area (Å²) in [5.41, 5.74) is 1.77. The van der Waals surface area contributed by atoms with Crippen LogP contribution in [0.25, 0.3) is 0 Å². The Balaban J connectivity index is 1.64. The van der Waals surface area contributed by atoms with E-state index in [9.17, 15) is 9.90 Å². The van der Waals surface area contributed by atoms with Crippen molar-refractivity contribution in [2.24, 2.45) is 0 Å². The lowest BCUT2D eigenvalue weighted by Gasteiger charge is -2.38. The van der Waals surface area contributed by atoms with E-state index >= 15 is 0 Å². The molecule has 4 nitrogen and oxygen atoms in total. The molecule has 1 N–H and O–H groups in total. The molecular weight excluding hydrogens is 332 g/mol. The number of aliphatic hydroxyl groups is 1. The summed E-state index contributed by atoms with van der Waals surface area (Å²) >= 11 is 7.59. The van der Waals surface area contributed by atoms with Gasteiger partial charge in [0.1, 0.15) is 0 Å². The molecule has 122 valence electrons. The Labute approximate surface area is 144 Å². The van der Waals surface area contributed by atoms with Gasteiger partial charge in [0.2, 0.25) is 0 Å². The second-order valence-electron chi connectivity index (χ2n) is 5.59. The zero-order valence-electron chi connectivity index (χ0n) is 12.7. The van der Waals surface area contributed by atoms with Crippen molar-refractivity contribution < 1.29 is 9.90 Å². The van der Waals surface area contributed by atoms with Crippen LogP contribution in [0.1, 0.15) is 22.0 Å². The number of aliphatic hydroxyl groups excluding tert-OH is 1. The van der Waals surface area contributed by atoms with Gasteiger partial charge in [0.05, 0.1) is 18.2 Å². The Morgan fingerprint density at radius 2 is 2.04 bits per heavy atom. The molecule has 0 unspecified atom stereocenters. The van der Waals surface area contributed by atoms with E-state index in [1.54, 1.807) is 0 Å². The van der Waals surface area contributed by atoms with Crippen molar-refractivity contribution in [3.05, 3.63) is 57.2 Å². The Hall–Kier alpha value is -1.40. The second-order valence-corrected chi connectivity index (χ2v) is 6.81. The van der Waals surface area contributed by atoms with E-state index in [1.807, 2.05) is 46.0 Å². The van der Waals surface area contributed by atoms with Crippen LogP contribution < -0.4 is 0 Å². The van der Waals surface area contributed by atoms with Crippen LogP contribution in [0.5, 0.6) is 0 Å². The Bertz CT molecular complexity index is 654. The fourth-order valence-electron chi connectivity index (χ4n) is 2.95. The maximum atomic E-state index is 12.4. The Morgan fingerprint density at radius 3 is 2.65 bits per heavy atom. The van der Waals surface area contributed by atoms with Crippen molar-refractivity contribution in [1.82, 2.24) is 9.80 Å². The maximum Gasteiger partial charge on any atom is 0.254 e. The summed E-state index contributed by atoms with van der Waals surface area (Å²) in [6, 6.07) is 9.39. The lowest BCUT2D eigenvalue weighted by atomic mass is 10.0.